The fourth-order valence-corrected chi connectivity index (χ4v) is 5.55. The molecule has 29 heavy (non-hydrogen) atoms. The summed E-state index contributed by atoms with van der Waals surface area (Å²) in [6.45, 7) is 5.85. The van der Waals surface area contributed by atoms with Gasteiger partial charge >= 0.3 is 12.0 Å². The minimum Gasteiger partial charge on any atom is -0.469 e. The normalized spacial score (nSPS) is 27.9. The van der Waals surface area contributed by atoms with E-state index in [2.05, 4.69) is 26.6 Å². The average molecular weight is 488 g/mol. The monoisotopic (exact) mass is 486 g/mol. The van der Waals surface area contributed by atoms with Crippen LogP contribution >= 0.6 is 27.5 Å². The Labute approximate surface area is 184 Å². The molecule has 3 saturated carbocycles. The molecule has 3 fully saturated rings. The van der Waals surface area contributed by atoms with Crippen LogP contribution in [0.1, 0.15) is 45.6 Å². The van der Waals surface area contributed by atoms with Gasteiger partial charge in [0.15, 0.2) is 0 Å². The molecular formula is C21H28BrClN2O4. The molecule has 2 bridgehead atoms. The van der Waals surface area contributed by atoms with Crippen molar-refractivity contribution in [3.8, 4) is 0 Å². The summed E-state index contributed by atoms with van der Waals surface area (Å²) < 4.78 is 5.63. The van der Waals surface area contributed by atoms with Gasteiger partial charge in [-0.3, -0.25) is 4.79 Å². The minimum atomic E-state index is -0.832. The van der Waals surface area contributed by atoms with Gasteiger partial charge in [0.1, 0.15) is 0 Å². The van der Waals surface area contributed by atoms with E-state index in [4.69, 9.17) is 16.3 Å². The van der Waals surface area contributed by atoms with Gasteiger partial charge in [-0.05, 0) is 65.7 Å². The lowest BCUT2D eigenvalue weighted by molar-refractivity contribution is -0.199. The molecule has 0 aliphatic heterocycles. The van der Waals surface area contributed by atoms with Gasteiger partial charge in [0, 0.05) is 22.5 Å². The summed E-state index contributed by atoms with van der Waals surface area (Å²) in [5.41, 5.74) is -0.780. The molecule has 6 nitrogen and oxygen atoms in total. The lowest BCUT2D eigenvalue weighted by Crippen LogP contribution is -2.78. The van der Waals surface area contributed by atoms with E-state index in [0.29, 0.717) is 24.3 Å². The Kier molecular flexibility index (Phi) is 5.98. The summed E-state index contributed by atoms with van der Waals surface area (Å²) in [4.78, 5) is 24.8. The molecule has 4 rings (SSSR count). The summed E-state index contributed by atoms with van der Waals surface area (Å²) in [5.74, 6) is -0.304. The third-order valence-electron chi connectivity index (χ3n) is 6.66. The first-order valence-corrected chi connectivity index (χ1v) is 10.9. The van der Waals surface area contributed by atoms with Crippen LogP contribution in [-0.2, 0) is 15.1 Å². The molecule has 1 aromatic carbocycles. The van der Waals surface area contributed by atoms with Crippen LogP contribution in [0.5, 0.6) is 0 Å². The molecule has 3 aliphatic carbocycles. The first-order chi connectivity index (χ1) is 13.5. The van der Waals surface area contributed by atoms with Crippen LogP contribution in [0, 0.1) is 17.3 Å². The summed E-state index contributed by atoms with van der Waals surface area (Å²) >= 11 is 9.70. The predicted molar refractivity (Wildman–Crippen MR) is 115 cm³/mol. The fourth-order valence-electron chi connectivity index (χ4n) is 5.12. The Hall–Kier alpha value is -1.31. The predicted octanol–water partition coefficient (Wildman–Crippen LogP) is 3.98. The topological polar surface area (TPSA) is 87.7 Å². The maximum atomic E-state index is 12.9. The number of halogens is 2. The second-order valence-electron chi connectivity index (χ2n) is 9.03. The van der Waals surface area contributed by atoms with E-state index in [0.717, 1.165) is 10.0 Å². The second-order valence-corrected chi connectivity index (χ2v) is 10.3. The van der Waals surface area contributed by atoms with E-state index in [9.17, 15) is 14.7 Å². The van der Waals surface area contributed by atoms with Crippen molar-refractivity contribution in [3.05, 3.63) is 33.3 Å². The molecule has 0 radical (unpaired) electrons. The number of aliphatic hydroxyl groups is 1. The molecule has 1 unspecified atom stereocenters. The smallest absolute Gasteiger partial charge is 0.315 e. The van der Waals surface area contributed by atoms with Crippen LogP contribution in [0.3, 0.4) is 0 Å². The number of amides is 2. The Balaban J connectivity index is 1.78. The number of methoxy groups -OCH3 is 1. The number of urea groups is 1. The van der Waals surface area contributed by atoms with Crippen molar-refractivity contribution in [2.24, 2.45) is 17.3 Å². The highest BCUT2D eigenvalue weighted by Gasteiger charge is 2.73. The van der Waals surface area contributed by atoms with Crippen LogP contribution < -0.4 is 10.6 Å². The molecule has 0 heterocycles. The molecule has 3 N–H and O–H groups in total. The molecule has 0 aromatic heterocycles. The summed E-state index contributed by atoms with van der Waals surface area (Å²) in [6, 6.07) is 5.23. The Morgan fingerprint density at radius 2 is 1.97 bits per heavy atom. The van der Waals surface area contributed by atoms with Gasteiger partial charge < -0.3 is 20.5 Å². The first kappa shape index (κ1) is 22.4. The van der Waals surface area contributed by atoms with Crippen LogP contribution in [0.2, 0.25) is 5.02 Å². The van der Waals surface area contributed by atoms with Crippen molar-refractivity contribution in [1.82, 2.24) is 10.6 Å². The Bertz CT molecular complexity index is 811. The van der Waals surface area contributed by atoms with Gasteiger partial charge in [0.2, 0.25) is 0 Å². The summed E-state index contributed by atoms with van der Waals surface area (Å²) in [5, 5.41) is 16.8. The number of nitrogens with one attached hydrogen (secondary N) is 2. The van der Waals surface area contributed by atoms with Gasteiger partial charge in [0.25, 0.3) is 0 Å². The molecular weight excluding hydrogens is 460 g/mol. The van der Waals surface area contributed by atoms with Crippen molar-refractivity contribution in [2.45, 2.75) is 51.1 Å². The lowest BCUT2D eigenvalue weighted by Gasteiger charge is -2.68. The van der Waals surface area contributed by atoms with E-state index in [1.165, 1.54) is 7.11 Å². The van der Waals surface area contributed by atoms with Crippen LogP contribution in [0.25, 0.3) is 0 Å². The number of hydrogen-bond acceptors (Lipinski definition) is 4. The number of ether oxygens (including phenoxy) is 1. The number of esters is 1. The van der Waals surface area contributed by atoms with E-state index < -0.39 is 11.0 Å². The molecule has 0 saturated heterocycles. The van der Waals surface area contributed by atoms with Gasteiger partial charge in [-0.1, -0.05) is 31.5 Å². The highest BCUT2D eigenvalue weighted by atomic mass is 79.9. The lowest BCUT2D eigenvalue weighted by atomic mass is 9.39. The second kappa shape index (κ2) is 7.75. The highest BCUT2D eigenvalue weighted by molar-refractivity contribution is 9.10. The molecule has 0 spiro atoms. The quantitative estimate of drug-likeness (QED) is 0.508. The molecule has 160 valence electrons. The summed E-state index contributed by atoms with van der Waals surface area (Å²) in [6.07, 6.45) is 1.82. The highest BCUT2D eigenvalue weighted by Crippen LogP contribution is 2.67. The summed E-state index contributed by atoms with van der Waals surface area (Å²) in [7, 11) is 1.39. The zero-order valence-corrected chi connectivity index (χ0v) is 19.5. The van der Waals surface area contributed by atoms with E-state index in [1.807, 2.05) is 39.0 Å². The number of rotatable bonds is 7. The molecule has 8 heteroatoms. The zero-order chi connectivity index (χ0) is 21.6. The number of hydrogen-bond donors (Lipinski definition) is 3. The fraction of sp³-hybridized carbons (Fsp3) is 0.619. The van der Waals surface area contributed by atoms with Crippen LogP contribution in [-0.4, -0.2) is 36.4 Å². The molecule has 2 amide bonds. The number of benzene rings is 1. The minimum absolute atomic E-state index is 0.0846. The van der Waals surface area contributed by atoms with Gasteiger partial charge in [-0.2, -0.15) is 0 Å². The van der Waals surface area contributed by atoms with Gasteiger partial charge in [-0.15, -0.1) is 0 Å². The number of carbonyl (C=O) groups excluding carboxylic acids is 2. The number of carbonyl (C=O) groups is 2. The van der Waals surface area contributed by atoms with Crippen LogP contribution in [0.15, 0.2) is 22.7 Å². The van der Waals surface area contributed by atoms with Crippen molar-refractivity contribution in [1.29, 1.82) is 0 Å². The van der Waals surface area contributed by atoms with Crippen molar-refractivity contribution < 1.29 is 19.4 Å². The molecule has 3 aliphatic rings. The Morgan fingerprint density at radius 1 is 1.34 bits per heavy atom. The van der Waals surface area contributed by atoms with Gasteiger partial charge in [-0.25, -0.2) is 4.79 Å². The van der Waals surface area contributed by atoms with Crippen molar-refractivity contribution in [3.63, 3.8) is 0 Å². The van der Waals surface area contributed by atoms with Crippen molar-refractivity contribution >= 4 is 39.5 Å². The van der Waals surface area contributed by atoms with E-state index in [-0.39, 0.29) is 36.0 Å². The van der Waals surface area contributed by atoms with E-state index >= 15 is 0 Å². The Morgan fingerprint density at radius 3 is 2.45 bits per heavy atom. The van der Waals surface area contributed by atoms with Gasteiger partial charge in [0.05, 0.1) is 23.1 Å². The maximum absolute atomic E-state index is 12.9. The van der Waals surface area contributed by atoms with Crippen LogP contribution in [0.4, 0.5) is 4.79 Å². The average Bonchev–Trinajstić information content (AvgIpc) is 2.58. The standard InChI is InChI=1S/C21H28BrClN2O4/c1-12(2)14(8-26)19(3,13-5-6-15(22)16(23)7-13)24-18(28)25-21-9-20(10-21,11-21)17(27)29-4/h5-7,12,14,26H,8-11H2,1-4H3,(H2,24,25,28)/t14-,19?,20?,21?/m1/s1. The molecule has 1 aromatic rings. The third-order valence-corrected chi connectivity index (χ3v) is 7.90. The third kappa shape index (κ3) is 3.77. The first-order valence-electron chi connectivity index (χ1n) is 9.76. The maximum Gasteiger partial charge on any atom is 0.315 e. The largest absolute Gasteiger partial charge is 0.469 e. The van der Waals surface area contributed by atoms with E-state index in [1.54, 1.807) is 0 Å². The zero-order valence-electron chi connectivity index (χ0n) is 17.1. The van der Waals surface area contributed by atoms with Crippen molar-refractivity contribution in [2.75, 3.05) is 13.7 Å². The molecule has 2 atom stereocenters. The SMILES string of the molecule is COC(=O)C12CC(NC(=O)NC(C)(c3ccc(Br)c(Cl)c3)[C@H](CO)C(C)C)(C1)C2. The number of aliphatic hydroxyl groups excluding tert-OH is 1.